The average Bonchev–Trinajstić information content (AvgIpc) is 2.51. The second-order valence-corrected chi connectivity index (χ2v) is 5.92. The molecule has 0 aliphatic rings. The van der Waals surface area contributed by atoms with E-state index in [1.807, 2.05) is 18.2 Å². The van der Waals surface area contributed by atoms with E-state index in [1.165, 1.54) is 11.8 Å². The van der Waals surface area contributed by atoms with Crippen LogP contribution in [0.4, 0.5) is 5.82 Å². The molecule has 0 aliphatic carbocycles. The molecule has 0 unspecified atom stereocenters. The van der Waals surface area contributed by atoms with Crippen LogP contribution in [0.1, 0.15) is 32.0 Å². The van der Waals surface area contributed by atoms with Crippen LogP contribution in [0, 0.1) is 11.3 Å². The standard InChI is InChI=1S/C17H20N4O/c1-17(2,3)13-5-4-6-14(11-13)22-10-9-21-16-15(12-18)19-7-8-20-16/h4-8,11H,9-10H2,1-3H3,(H,20,21). The highest BCUT2D eigenvalue weighted by Gasteiger charge is 2.13. The van der Waals surface area contributed by atoms with E-state index in [1.54, 1.807) is 6.20 Å². The summed E-state index contributed by atoms with van der Waals surface area (Å²) < 4.78 is 5.74. The first-order valence-corrected chi connectivity index (χ1v) is 7.19. The van der Waals surface area contributed by atoms with Gasteiger partial charge in [-0.3, -0.25) is 0 Å². The van der Waals surface area contributed by atoms with Crippen LogP contribution >= 0.6 is 0 Å². The first-order chi connectivity index (χ1) is 10.5. The molecule has 2 rings (SSSR count). The Morgan fingerprint density at radius 1 is 1.23 bits per heavy atom. The second kappa shape index (κ2) is 6.90. The number of aromatic nitrogens is 2. The van der Waals surface area contributed by atoms with Crippen molar-refractivity contribution in [3.05, 3.63) is 47.9 Å². The van der Waals surface area contributed by atoms with Gasteiger partial charge in [-0.1, -0.05) is 32.9 Å². The Hall–Kier alpha value is -2.61. The predicted octanol–water partition coefficient (Wildman–Crippen LogP) is 3.14. The zero-order valence-electron chi connectivity index (χ0n) is 13.1. The predicted molar refractivity (Wildman–Crippen MR) is 85.9 cm³/mol. The zero-order valence-corrected chi connectivity index (χ0v) is 13.1. The van der Waals surface area contributed by atoms with Crippen molar-refractivity contribution in [2.24, 2.45) is 0 Å². The number of hydrogen-bond donors (Lipinski definition) is 1. The van der Waals surface area contributed by atoms with E-state index < -0.39 is 0 Å². The first-order valence-electron chi connectivity index (χ1n) is 7.19. The van der Waals surface area contributed by atoms with E-state index in [2.05, 4.69) is 48.2 Å². The molecule has 1 N–H and O–H groups in total. The van der Waals surface area contributed by atoms with Crippen molar-refractivity contribution in [3.8, 4) is 11.8 Å². The summed E-state index contributed by atoms with van der Waals surface area (Å²) >= 11 is 0. The fourth-order valence-electron chi connectivity index (χ4n) is 1.94. The van der Waals surface area contributed by atoms with Gasteiger partial charge in [0.25, 0.3) is 0 Å². The number of anilines is 1. The number of rotatable bonds is 5. The van der Waals surface area contributed by atoms with Gasteiger partial charge in [-0.25, -0.2) is 9.97 Å². The summed E-state index contributed by atoms with van der Waals surface area (Å²) in [6, 6.07) is 10.1. The minimum absolute atomic E-state index is 0.0962. The van der Waals surface area contributed by atoms with Crippen molar-refractivity contribution in [3.63, 3.8) is 0 Å². The van der Waals surface area contributed by atoms with Gasteiger partial charge in [0.05, 0.1) is 6.54 Å². The van der Waals surface area contributed by atoms with E-state index in [4.69, 9.17) is 10.00 Å². The number of nitrogens with zero attached hydrogens (tertiary/aromatic N) is 3. The number of nitriles is 1. The fraction of sp³-hybridized carbons (Fsp3) is 0.353. The third-order valence-electron chi connectivity index (χ3n) is 3.17. The number of hydrogen-bond acceptors (Lipinski definition) is 5. The van der Waals surface area contributed by atoms with Crippen LogP contribution in [-0.4, -0.2) is 23.1 Å². The van der Waals surface area contributed by atoms with Crippen LogP contribution in [0.5, 0.6) is 5.75 Å². The van der Waals surface area contributed by atoms with Gasteiger partial charge in [0.2, 0.25) is 0 Å². The fourth-order valence-corrected chi connectivity index (χ4v) is 1.94. The summed E-state index contributed by atoms with van der Waals surface area (Å²) in [7, 11) is 0. The Labute approximate surface area is 131 Å². The van der Waals surface area contributed by atoms with Gasteiger partial charge in [0, 0.05) is 12.4 Å². The summed E-state index contributed by atoms with van der Waals surface area (Å²) in [6.07, 6.45) is 3.05. The topological polar surface area (TPSA) is 70.8 Å². The van der Waals surface area contributed by atoms with Crippen molar-refractivity contribution >= 4 is 5.82 Å². The minimum atomic E-state index is 0.0962. The Bertz CT molecular complexity index is 671. The van der Waals surface area contributed by atoms with E-state index in [-0.39, 0.29) is 11.1 Å². The minimum Gasteiger partial charge on any atom is -0.492 e. The molecule has 2 aromatic rings. The summed E-state index contributed by atoms with van der Waals surface area (Å²) in [6.45, 7) is 7.55. The lowest BCUT2D eigenvalue weighted by Crippen LogP contribution is -2.14. The Morgan fingerprint density at radius 3 is 2.73 bits per heavy atom. The highest BCUT2D eigenvalue weighted by molar-refractivity contribution is 5.46. The van der Waals surface area contributed by atoms with Crippen molar-refractivity contribution < 1.29 is 4.74 Å². The third kappa shape index (κ3) is 4.19. The highest BCUT2D eigenvalue weighted by Crippen LogP contribution is 2.25. The summed E-state index contributed by atoms with van der Waals surface area (Å²) in [4.78, 5) is 8.03. The molecule has 0 spiro atoms. The molecule has 0 saturated heterocycles. The van der Waals surface area contributed by atoms with E-state index in [9.17, 15) is 0 Å². The first kappa shape index (κ1) is 15.8. The molecule has 0 fully saturated rings. The summed E-state index contributed by atoms with van der Waals surface area (Å²) in [5.41, 5.74) is 1.62. The van der Waals surface area contributed by atoms with Crippen molar-refractivity contribution in [1.82, 2.24) is 9.97 Å². The molecule has 1 aromatic heterocycles. The molecule has 0 atom stereocenters. The van der Waals surface area contributed by atoms with Crippen LogP contribution < -0.4 is 10.1 Å². The number of benzene rings is 1. The lowest BCUT2D eigenvalue weighted by molar-refractivity contribution is 0.331. The Kier molecular flexibility index (Phi) is 4.95. The van der Waals surface area contributed by atoms with Gasteiger partial charge in [-0.05, 0) is 23.1 Å². The molecule has 0 radical (unpaired) electrons. The molecular weight excluding hydrogens is 276 g/mol. The molecule has 114 valence electrons. The molecule has 1 heterocycles. The van der Waals surface area contributed by atoms with E-state index in [0.29, 0.717) is 19.0 Å². The van der Waals surface area contributed by atoms with Crippen molar-refractivity contribution in [1.29, 1.82) is 5.26 Å². The molecule has 0 amide bonds. The zero-order chi connectivity index (χ0) is 16.0. The molecule has 22 heavy (non-hydrogen) atoms. The molecule has 1 aromatic carbocycles. The molecule has 0 aliphatic heterocycles. The van der Waals surface area contributed by atoms with Gasteiger partial charge < -0.3 is 10.1 Å². The number of ether oxygens (including phenoxy) is 1. The van der Waals surface area contributed by atoms with Crippen LogP contribution in [0.25, 0.3) is 0 Å². The van der Waals surface area contributed by atoms with Crippen molar-refractivity contribution in [2.75, 3.05) is 18.5 Å². The monoisotopic (exact) mass is 296 g/mol. The molecule has 0 saturated carbocycles. The summed E-state index contributed by atoms with van der Waals surface area (Å²) in [5.74, 6) is 1.32. The smallest absolute Gasteiger partial charge is 0.182 e. The molecular formula is C17H20N4O. The Morgan fingerprint density at radius 2 is 2.00 bits per heavy atom. The van der Waals surface area contributed by atoms with E-state index in [0.717, 1.165) is 5.75 Å². The quantitative estimate of drug-likeness (QED) is 0.858. The maximum atomic E-state index is 8.94. The van der Waals surface area contributed by atoms with Crippen molar-refractivity contribution in [2.45, 2.75) is 26.2 Å². The number of nitrogens with one attached hydrogen (secondary N) is 1. The van der Waals surface area contributed by atoms with Crippen LogP contribution in [-0.2, 0) is 5.41 Å². The van der Waals surface area contributed by atoms with E-state index >= 15 is 0 Å². The largest absolute Gasteiger partial charge is 0.492 e. The van der Waals surface area contributed by atoms with Gasteiger partial charge in [0.15, 0.2) is 11.5 Å². The molecule has 0 bridgehead atoms. The maximum Gasteiger partial charge on any atom is 0.182 e. The Balaban J connectivity index is 1.88. The lowest BCUT2D eigenvalue weighted by Gasteiger charge is -2.19. The highest BCUT2D eigenvalue weighted by atomic mass is 16.5. The van der Waals surface area contributed by atoms with Crippen LogP contribution in [0.3, 0.4) is 0 Å². The second-order valence-electron chi connectivity index (χ2n) is 5.92. The van der Waals surface area contributed by atoms with Gasteiger partial charge in [-0.15, -0.1) is 0 Å². The molecule has 5 heteroatoms. The maximum absolute atomic E-state index is 8.94. The average molecular weight is 296 g/mol. The van der Waals surface area contributed by atoms with Gasteiger partial charge in [0.1, 0.15) is 18.4 Å². The normalized spacial score (nSPS) is 10.8. The van der Waals surface area contributed by atoms with Gasteiger partial charge >= 0.3 is 0 Å². The van der Waals surface area contributed by atoms with Crippen LogP contribution in [0.2, 0.25) is 0 Å². The molecule has 5 nitrogen and oxygen atoms in total. The summed E-state index contributed by atoms with van der Waals surface area (Å²) in [5, 5.41) is 12.0. The van der Waals surface area contributed by atoms with Crippen LogP contribution in [0.15, 0.2) is 36.7 Å². The third-order valence-corrected chi connectivity index (χ3v) is 3.17. The SMILES string of the molecule is CC(C)(C)c1cccc(OCCNc2nccnc2C#N)c1. The van der Waals surface area contributed by atoms with Gasteiger partial charge in [-0.2, -0.15) is 5.26 Å². The lowest BCUT2D eigenvalue weighted by atomic mass is 9.87.